The second-order valence-electron chi connectivity index (χ2n) is 4.16. The molecule has 8 heteroatoms. The summed E-state index contributed by atoms with van der Waals surface area (Å²) < 4.78 is 13.4. The smallest absolute Gasteiger partial charge is 0.304 e. The summed E-state index contributed by atoms with van der Waals surface area (Å²) in [4.78, 5) is 20.0. The topological polar surface area (TPSA) is 98.3 Å². The van der Waals surface area contributed by atoms with Crippen LogP contribution in [0.4, 0.5) is 21.5 Å². The molecule has 0 radical (unpaired) electrons. The second-order valence-corrected chi connectivity index (χ2v) is 4.16. The van der Waals surface area contributed by atoms with Gasteiger partial charge in [0, 0.05) is 36.0 Å². The Bertz CT molecular complexity index is 706. The Morgan fingerprint density at radius 2 is 1.67 bits per heavy atom. The van der Waals surface area contributed by atoms with Crippen molar-refractivity contribution in [1.29, 1.82) is 0 Å². The average Bonchev–Trinajstić information content (AvgIpc) is 2.45. The van der Waals surface area contributed by atoms with Gasteiger partial charge in [-0.05, 0) is 6.07 Å². The van der Waals surface area contributed by atoms with Gasteiger partial charge in [0.15, 0.2) is 0 Å². The number of hydrogen-bond donors (Lipinski definition) is 1. The summed E-state index contributed by atoms with van der Waals surface area (Å²) in [6.45, 7) is 0.106. The molecule has 0 atom stereocenters. The molecule has 0 spiro atoms. The largest absolute Gasteiger partial charge is 0.381 e. The van der Waals surface area contributed by atoms with Crippen molar-refractivity contribution in [2.75, 3.05) is 5.32 Å². The van der Waals surface area contributed by atoms with Crippen molar-refractivity contribution in [3.05, 3.63) is 74.1 Å². The van der Waals surface area contributed by atoms with E-state index in [2.05, 4.69) is 5.32 Å². The fourth-order valence-corrected chi connectivity index (χ4v) is 1.80. The minimum Gasteiger partial charge on any atom is -0.381 e. The molecule has 0 unspecified atom stereocenters. The minimum absolute atomic E-state index is 0.0487. The maximum absolute atomic E-state index is 13.4. The van der Waals surface area contributed by atoms with Crippen LogP contribution in [0.2, 0.25) is 0 Å². The first-order chi connectivity index (χ1) is 9.99. The summed E-state index contributed by atoms with van der Waals surface area (Å²) in [5.41, 5.74) is 0.0659. The molecular formula is C13H10FN3O4. The molecule has 0 heterocycles. The molecule has 2 aromatic carbocycles. The number of halogens is 1. The number of hydrogen-bond acceptors (Lipinski definition) is 5. The van der Waals surface area contributed by atoms with Gasteiger partial charge < -0.3 is 5.32 Å². The Morgan fingerprint density at radius 1 is 1.00 bits per heavy atom. The summed E-state index contributed by atoms with van der Waals surface area (Å²) in [5.74, 6) is -0.965. The Labute approximate surface area is 118 Å². The van der Waals surface area contributed by atoms with Crippen molar-refractivity contribution in [2.45, 2.75) is 6.54 Å². The van der Waals surface area contributed by atoms with Gasteiger partial charge in [0.05, 0.1) is 9.85 Å². The van der Waals surface area contributed by atoms with Gasteiger partial charge in [-0.25, -0.2) is 0 Å². The second kappa shape index (κ2) is 5.95. The van der Waals surface area contributed by atoms with E-state index in [9.17, 15) is 24.6 Å². The normalized spacial score (nSPS) is 10.1. The zero-order valence-electron chi connectivity index (χ0n) is 10.7. The van der Waals surface area contributed by atoms with Crippen LogP contribution in [0.5, 0.6) is 0 Å². The zero-order valence-corrected chi connectivity index (χ0v) is 10.7. The van der Waals surface area contributed by atoms with Crippen LogP contribution in [-0.4, -0.2) is 9.85 Å². The summed E-state index contributed by atoms with van der Waals surface area (Å²) in [5, 5.41) is 24.1. The Hall–Kier alpha value is -3.03. The van der Waals surface area contributed by atoms with Crippen molar-refractivity contribution in [1.82, 2.24) is 0 Å². The lowest BCUT2D eigenvalue weighted by molar-refractivity contribution is -0.387. The van der Waals surface area contributed by atoms with Gasteiger partial charge in [-0.15, -0.1) is 0 Å². The van der Waals surface area contributed by atoms with E-state index < -0.39 is 21.4 Å². The first-order valence-electron chi connectivity index (χ1n) is 5.89. The molecule has 0 bridgehead atoms. The molecule has 0 aliphatic heterocycles. The van der Waals surface area contributed by atoms with E-state index in [0.717, 1.165) is 12.1 Å². The molecule has 0 aromatic heterocycles. The van der Waals surface area contributed by atoms with Crippen molar-refractivity contribution in [3.63, 3.8) is 0 Å². The predicted molar refractivity (Wildman–Crippen MR) is 73.5 cm³/mol. The number of nitro groups is 2. The van der Waals surface area contributed by atoms with E-state index in [4.69, 9.17) is 0 Å². The van der Waals surface area contributed by atoms with E-state index >= 15 is 0 Å². The highest BCUT2D eigenvalue weighted by molar-refractivity contribution is 5.51. The summed E-state index contributed by atoms with van der Waals surface area (Å²) in [6.07, 6.45) is 0. The molecule has 0 aliphatic carbocycles. The fourth-order valence-electron chi connectivity index (χ4n) is 1.80. The van der Waals surface area contributed by atoms with Crippen LogP contribution in [0, 0.1) is 26.0 Å². The maximum atomic E-state index is 13.4. The molecule has 108 valence electrons. The van der Waals surface area contributed by atoms with Crippen LogP contribution in [0.1, 0.15) is 5.56 Å². The predicted octanol–water partition coefficient (Wildman–Crippen LogP) is 3.25. The third kappa shape index (κ3) is 3.30. The average molecular weight is 291 g/mol. The number of nitrogens with zero attached hydrogens (tertiary/aromatic N) is 2. The molecule has 2 aromatic rings. The third-order valence-corrected chi connectivity index (χ3v) is 2.82. The molecule has 0 saturated heterocycles. The third-order valence-electron chi connectivity index (χ3n) is 2.82. The van der Waals surface area contributed by atoms with Crippen LogP contribution >= 0.6 is 0 Å². The molecule has 0 saturated carbocycles. The lowest BCUT2D eigenvalue weighted by Crippen LogP contribution is -2.03. The van der Waals surface area contributed by atoms with Crippen molar-refractivity contribution in [3.8, 4) is 0 Å². The van der Waals surface area contributed by atoms with Crippen LogP contribution in [-0.2, 0) is 6.54 Å². The monoisotopic (exact) mass is 291 g/mol. The van der Waals surface area contributed by atoms with E-state index in [0.29, 0.717) is 11.3 Å². The minimum atomic E-state index is -0.965. The standard InChI is InChI=1S/C13H10FN3O4/c14-11-7-10(5-6-13(11)17(20)21)15-8-9-3-1-2-4-12(9)16(18)19/h1-7,15H,8H2. The van der Waals surface area contributed by atoms with Gasteiger partial charge in [-0.1, -0.05) is 18.2 Å². The van der Waals surface area contributed by atoms with Crippen molar-refractivity contribution in [2.24, 2.45) is 0 Å². The van der Waals surface area contributed by atoms with E-state index in [1.54, 1.807) is 18.2 Å². The summed E-state index contributed by atoms with van der Waals surface area (Å²) in [6, 6.07) is 9.51. The molecule has 1 N–H and O–H groups in total. The number of rotatable bonds is 5. The van der Waals surface area contributed by atoms with E-state index in [-0.39, 0.29) is 12.2 Å². The van der Waals surface area contributed by atoms with Gasteiger partial charge in [-0.3, -0.25) is 20.2 Å². The van der Waals surface area contributed by atoms with Crippen LogP contribution in [0.15, 0.2) is 42.5 Å². The summed E-state index contributed by atoms with van der Waals surface area (Å²) >= 11 is 0. The Balaban J connectivity index is 2.16. The summed E-state index contributed by atoms with van der Waals surface area (Å²) in [7, 11) is 0. The highest BCUT2D eigenvalue weighted by Crippen LogP contribution is 2.23. The molecule has 0 fully saturated rings. The first kappa shape index (κ1) is 14.4. The molecule has 7 nitrogen and oxygen atoms in total. The first-order valence-corrected chi connectivity index (χ1v) is 5.89. The number of nitro benzene ring substituents is 2. The quantitative estimate of drug-likeness (QED) is 0.673. The highest BCUT2D eigenvalue weighted by Gasteiger charge is 2.15. The molecule has 0 amide bonds. The lowest BCUT2D eigenvalue weighted by Gasteiger charge is -2.07. The van der Waals surface area contributed by atoms with Crippen LogP contribution in [0.3, 0.4) is 0 Å². The van der Waals surface area contributed by atoms with Gasteiger partial charge in [0.1, 0.15) is 0 Å². The molecule has 0 aliphatic rings. The van der Waals surface area contributed by atoms with Crippen LogP contribution in [0.25, 0.3) is 0 Å². The highest BCUT2D eigenvalue weighted by atomic mass is 19.1. The number of anilines is 1. The Kier molecular flexibility index (Phi) is 4.07. The van der Waals surface area contributed by atoms with E-state index in [1.165, 1.54) is 12.1 Å². The lowest BCUT2D eigenvalue weighted by atomic mass is 10.1. The van der Waals surface area contributed by atoms with Gasteiger partial charge in [-0.2, -0.15) is 4.39 Å². The maximum Gasteiger partial charge on any atom is 0.304 e. The van der Waals surface area contributed by atoms with Crippen LogP contribution < -0.4 is 5.32 Å². The van der Waals surface area contributed by atoms with Gasteiger partial charge >= 0.3 is 5.69 Å². The molecule has 21 heavy (non-hydrogen) atoms. The fraction of sp³-hybridized carbons (Fsp3) is 0.0769. The Morgan fingerprint density at radius 3 is 2.29 bits per heavy atom. The number of nitrogens with one attached hydrogen (secondary N) is 1. The molecule has 2 rings (SSSR count). The van der Waals surface area contributed by atoms with E-state index in [1.807, 2.05) is 0 Å². The number of para-hydroxylation sites is 1. The van der Waals surface area contributed by atoms with Crippen molar-refractivity contribution < 1.29 is 14.2 Å². The van der Waals surface area contributed by atoms with Gasteiger partial charge in [0.2, 0.25) is 5.82 Å². The molecular weight excluding hydrogens is 281 g/mol. The number of benzene rings is 2. The SMILES string of the molecule is O=[N+]([O-])c1ccc(NCc2ccccc2[N+](=O)[O-])cc1F. The van der Waals surface area contributed by atoms with Crippen molar-refractivity contribution >= 4 is 17.1 Å². The van der Waals surface area contributed by atoms with Gasteiger partial charge in [0.25, 0.3) is 5.69 Å². The zero-order chi connectivity index (χ0) is 15.4.